The number of hydrogen-bond acceptors (Lipinski definition) is 3. The van der Waals surface area contributed by atoms with Crippen molar-refractivity contribution in [3.05, 3.63) is 59.4 Å². The standard InChI is InChI=1S/C16H16ClN3O3/c17-11-4-6-12(7-5-11)20-15(21)9-14(16(22)23)19-10-13-3-1-2-8-18-13/h1-8,14,19H,9-10H2,(H,20,21)(H,22,23)/p+1. The van der Waals surface area contributed by atoms with E-state index in [2.05, 4.69) is 10.3 Å². The lowest BCUT2D eigenvalue weighted by Crippen LogP contribution is -2.92. The first-order chi connectivity index (χ1) is 11.0. The van der Waals surface area contributed by atoms with Gasteiger partial charge in [0.15, 0.2) is 12.7 Å². The van der Waals surface area contributed by atoms with E-state index in [0.717, 1.165) is 5.69 Å². The minimum absolute atomic E-state index is 0.183. The highest BCUT2D eigenvalue weighted by Crippen LogP contribution is 2.13. The summed E-state index contributed by atoms with van der Waals surface area (Å²) >= 11 is 5.77. The van der Waals surface area contributed by atoms with E-state index in [4.69, 9.17) is 11.6 Å². The third-order valence-corrected chi connectivity index (χ3v) is 3.48. The average molecular weight is 335 g/mol. The molecule has 1 aromatic carbocycles. The van der Waals surface area contributed by atoms with E-state index in [1.54, 1.807) is 35.8 Å². The molecule has 0 fully saturated rings. The summed E-state index contributed by atoms with van der Waals surface area (Å²) in [4.78, 5) is 26.2. The van der Waals surface area contributed by atoms with E-state index in [1.807, 2.05) is 18.2 Å². The molecule has 7 heteroatoms. The van der Waals surface area contributed by atoms with Crippen molar-refractivity contribution >= 4 is 29.2 Å². The van der Waals surface area contributed by atoms with Crippen LogP contribution in [0.2, 0.25) is 5.02 Å². The summed E-state index contributed by atoms with van der Waals surface area (Å²) in [6, 6.07) is 11.1. The molecule has 0 aliphatic rings. The summed E-state index contributed by atoms with van der Waals surface area (Å²) in [6.07, 6.45) is 1.57. The molecule has 0 radical (unpaired) electrons. The molecule has 2 aromatic rings. The summed E-state index contributed by atoms with van der Waals surface area (Å²) in [7, 11) is 0. The molecular formula is C16H17ClN3O3+. The van der Waals surface area contributed by atoms with Crippen LogP contribution < -0.4 is 20.7 Å². The van der Waals surface area contributed by atoms with E-state index in [-0.39, 0.29) is 6.42 Å². The van der Waals surface area contributed by atoms with Gasteiger partial charge in [-0.2, -0.15) is 0 Å². The maximum Gasteiger partial charge on any atom is 0.234 e. The predicted octanol–water partition coefficient (Wildman–Crippen LogP) is -0.635. The highest BCUT2D eigenvalue weighted by atomic mass is 35.5. The number of carboxylic acids is 1. The van der Waals surface area contributed by atoms with Gasteiger partial charge in [-0.3, -0.25) is 4.79 Å². The zero-order chi connectivity index (χ0) is 16.7. The minimum atomic E-state index is -1.27. The average Bonchev–Trinajstić information content (AvgIpc) is 2.54. The fourth-order valence-electron chi connectivity index (χ4n) is 2.03. The molecule has 23 heavy (non-hydrogen) atoms. The normalized spacial score (nSPS) is 11.7. The molecular weight excluding hydrogens is 318 g/mol. The van der Waals surface area contributed by atoms with Gasteiger partial charge in [-0.15, -0.1) is 0 Å². The molecule has 2 rings (SSSR count). The Morgan fingerprint density at radius 3 is 2.57 bits per heavy atom. The summed E-state index contributed by atoms with van der Waals surface area (Å²) in [5.74, 6) is -1.66. The maximum atomic E-state index is 12.0. The molecule has 0 aliphatic heterocycles. The van der Waals surface area contributed by atoms with Crippen molar-refractivity contribution in [3.63, 3.8) is 0 Å². The number of aliphatic carboxylic acids is 1. The highest BCUT2D eigenvalue weighted by molar-refractivity contribution is 6.30. The number of H-pyrrole nitrogens is 1. The van der Waals surface area contributed by atoms with Gasteiger partial charge < -0.3 is 20.5 Å². The second-order valence-corrected chi connectivity index (χ2v) is 5.45. The number of carbonyl (C=O) groups excluding carboxylic acids is 2. The fraction of sp³-hybridized carbons (Fsp3) is 0.188. The van der Waals surface area contributed by atoms with Gasteiger partial charge >= 0.3 is 0 Å². The lowest BCUT2D eigenvalue weighted by molar-refractivity contribution is -0.706. The van der Waals surface area contributed by atoms with Gasteiger partial charge in [-0.1, -0.05) is 11.6 Å². The number of carboxylic acid groups (broad SMARTS) is 1. The molecule has 120 valence electrons. The quantitative estimate of drug-likeness (QED) is 0.704. The highest BCUT2D eigenvalue weighted by Gasteiger charge is 2.19. The van der Waals surface area contributed by atoms with Crippen molar-refractivity contribution in [1.82, 2.24) is 0 Å². The predicted molar refractivity (Wildman–Crippen MR) is 82.1 cm³/mol. The van der Waals surface area contributed by atoms with E-state index >= 15 is 0 Å². The van der Waals surface area contributed by atoms with Gasteiger partial charge in [0.2, 0.25) is 11.6 Å². The minimum Gasteiger partial charge on any atom is -0.544 e. The summed E-state index contributed by atoms with van der Waals surface area (Å²) in [5, 5.41) is 16.0. The number of carbonyl (C=O) groups is 2. The monoisotopic (exact) mass is 334 g/mol. The number of nitrogens with two attached hydrogens (primary N) is 1. The Morgan fingerprint density at radius 2 is 1.96 bits per heavy atom. The summed E-state index contributed by atoms with van der Waals surface area (Å²) in [6.45, 7) is 0.410. The van der Waals surface area contributed by atoms with Crippen LogP contribution >= 0.6 is 11.6 Å². The molecule has 1 atom stereocenters. The fourth-order valence-corrected chi connectivity index (χ4v) is 2.16. The van der Waals surface area contributed by atoms with Crippen LogP contribution in [0, 0.1) is 0 Å². The molecule has 6 nitrogen and oxygen atoms in total. The molecule has 1 amide bonds. The number of halogens is 1. The van der Waals surface area contributed by atoms with E-state index < -0.39 is 17.9 Å². The third-order valence-electron chi connectivity index (χ3n) is 3.23. The van der Waals surface area contributed by atoms with Gasteiger partial charge in [-0.25, -0.2) is 4.98 Å². The Hall–Kier alpha value is -2.44. The van der Waals surface area contributed by atoms with Crippen LogP contribution in [0.25, 0.3) is 0 Å². The number of aromatic nitrogens is 1. The van der Waals surface area contributed by atoms with Gasteiger partial charge in [0.25, 0.3) is 0 Å². The molecule has 0 saturated heterocycles. The summed E-state index contributed by atoms with van der Waals surface area (Å²) < 4.78 is 0. The molecule has 1 heterocycles. The molecule has 4 N–H and O–H groups in total. The SMILES string of the molecule is O=C(CC([NH2+]Cc1cccc[nH+]1)C(=O)[O-])Nc1ccc(Cl)cc1. The number of nitrogens with one attached hydrogen (secondary N) is 2. The Morgan fingerprint density at radius 1 is 1.22 bits per heavy atom. The molecule has 0 bridgehead atoms. The molecule has 1 aromatic heterocycles. The van der Waals surface area contributed by atoms with Gasteiger partial charge in [0, 0.05) is 22.8 Å². The lowest BCUT2D eigenvalue weighted by atomic mass is 10.2. The van der Waals surface area contributed by atoms with Gasteiger partial charge in [0.1, 0.15) is 6.04 Å². The molecule has 0 aliphatic carbocycles. The van der Waals surface area contributed by atoms with E-state index in [0.29, 0.717) is 17.3 Å². The van der Waals surface area contributed by atoms with Crippen molar-refractivity contribution in [2.45, 2.75) is 19.0 Å². The number of quaternary nitrogens is 1. The molecule has 0 saturated carbocycles. The number of amides is 1. The van der Waals surface area contributed by atoms with Crippen LogP contribution in [-0.4, -0.2) is 17.9 Å². The first kappa shape index (κ1) is 16.9. The zero-order valence-electron chi connectivity index (χ0n) is 12.3. The van der Waals surface area contributed by atoms with Crippen LogP contribution in [0.4, 0.5) is 5.69 Å². The maximum absolute atomic E-state index is 12.0. The Labute approximate surface area is 138 Å². The smallest absolute Gasteiger partial charge is 0.234 e. The van der Waals surface area contributed by atoms with Crippen molar-refractivity contribution in [1.29, 1.82) is 0 Å². The second-order valence-electron chi connectivity index (χ2n) is 5.01. The van der Waals surface area contributed by atoms with Crippen molar-refractivity contribution in [2.24, 2.45) is 0 Å². The first-order valence-corrected chi connectivity index (χ1v) is 7.47. The number of rotatable bonds is 7. The van der Waals surface area contributed by atoms with E-state index in [1.165, 1.54) is 0 Å². The van der Waals surface area contributed by atoms with Crippen LogP contribution in [0.3, 0.4) is 0 Å². The number of hydrogen-bond donors (Lipinski definition) is 2. The lowest BCUT2D eigenvalue weighted by Gasteiger charge is -2.15. The number of benzene rings is 1. The number of pyridine rings is 1. The topological polar surface area (TPSA) is 100.0 Å². The first-order valence-electron chi connectivity index (χ1n) is 7.10. The molecule has 1 unspecified atom stereocenters. The van der Waals surface area contributed by atoms with Crippen molar-refractivity contribution in [2.75, 3.05) is 5.32 Å². The van der Waals surface area contributed by atoms with Crippen molar-refractivity contribution in [3.8, 4) is 0 Å². The third kappa shape index (κ3) is 5.69. The van der Waals surface area contributed by atoms with Gasteiger partial charge in [0.05, 0.1) is 12.4 Å². The van der Waals surface area contributed by atoms with Crippen LogP contribution in [0.5, 0.6) is 0 Å². The zero-order valence-corrected chi connectivity index (χ0v) is 13.0. The number of aromatic amines is 1. The van der Waals surface area contributed by atoms with Gasteiger partial charge in [-0.05, 0) is 30.3 Å². The second kappa shape index (κ2) is 8.26. The van der Waals surface area contributed by atoms with Crippen LogP contribution in [0.1, 0.15) is 12.1 Å². The Kier molecular flexibility index (Phi) is 6.08. The summed E-state index contributed by atoms with van der Waals surface area (Å²) in [5.41, 5.74) is 1.42. The van der Waals surface area contributed by atoms with Crippen molar-refractivity contribution < 1.29 is 25.0 Å². The Balaban J connectivity index is 1.89. The number of anilines is 1. The molecule has 0 spiro atoms. The van der Waals surface area contributed by atoms with E-state index in [9.17, 15) is 14.7 Å². The van der Waals surface area contributed by atoms with Crippen LogP contribution in [-0.2, 0) is 16.1 Å². The Bertz CT molecular complexity index is 662. The van der Waals surface area contributed by atoms with Crippen LogP contribution in [0.15, 0.2) is 48.7 Å². The largest absolute Gasteiger partial charge is 0.544 e.